The van der Waals surface area contributed by atoms with E-state index in [2.05, 4.69) is 35.8 Å². The molecule has 2 heteroatoms. The highest BCUT2D eigenvalue weighted by Gasteiger charge is 2.03. The van der Waals surface area contributed by atoms with Crippen molar-refractivity contribution in [2.75, 3.05) is 0 Å². The van der Waals surface area contributed by atoms with Gasteiger partial charge >= 0.3 is 0 Å². The lowest BCUT2D eigenvalue weighted by molar-refractivity contribution is 0.613. The number of hydrogen-bond donors (Lipinski definition) is 0. The van der Waals surface area contributed by atoms with Gasteiger partial charge < -0.3 is 4.57 Å². The summed E-state index contributed by atoms with van der Waals surface area (Å²) in [5, 5.41) is 0. The van der Waals surface area contributed by atoms with Crippen molar-refractivity contribution in [2.24, 2.45) is 0 Å². The van der Waals surface area contributed by atoms with E-state index in [0.717, 1.165) is 11.0 Å². The van der Waals surface area contributed by atoms with Gasteiger partial charge in [0.05, 0.1) is 11.0 Å². The average molecular weight is 159 g/mol. The largest absolute Gasteiger partial charge is 0.319 e. The van der Waals surface area contributed by atoms with E-state index in [-0.39, 0.29) is 0 Å². The molecule has 0 saturated heterocycles. The molecule has 2 nitrogen and oxygen atoms in total. The number of hydrogen-bond acceptors (Lipinski definition) is 1. The monoisotopic (exact) mass is 159 g/mol. The van der Waals surface area contributed by atoms with Crippen LogP contribution in [0.5, 0.6) is 0 Å². The summed E-state index contributed by atoms with van der Waals surface area (Å²) in [7, 11) is 0. The minimum absolute atomic E-state index is 0.428. The van der Waals surface area contributed by atoms with Gasteiger partial charge in [0.1, 0.15) is 0 Å². The lowest BCUT2D eigenvalue weighted by Gasteiger charge is -2.05. The minimum atomic E-state index is 0.428. The number of rotatable bonds is 1. The van der Waals surface area contributed by atoms with Crippen LogP contribution in [0.2, 0.25) is 0 Å². The zero-order valence-electron chi connectivity index (χ0n) is 7.28. The molecule has 0 atom stereocenters. The molecule has 0 aliphatic carbocycles. The predicted octanol–water partition coefficient (Wildman–Crippen LogP) is 2.42. The Kier molecular flexibility index (Phi) is 1.61. The van der Waals surface area contributed by atoms with Crippen LogP contribution in [-0.4, -0.2) is 9.55 Å². The Morgan fingerprint density at radius 3 is 2.83 bits per heavy atom. The van der Waals surface area contributed by atoms with E-state index in [1.165, 1.54) is 0 Å². The second-order valence-electron chi connectivity index (χ2n) is 3.16. The third-order valence-corrected chi connectivity index (χ3v) is 1.94. The number of benzene rings is 1. The van der Waals surface area contributed by atoms with E-state index in [1.807, 2.05) is 18.2 Å². The Morgan fingerprint density at radius 2 is 2.08 bits per heavy atom. The molecule has 1 aromatic heterocycles. The van der Waals surface area contributed by atoms with Gasteiger partial charge in [-0.3, -0.25) is 0 Å². The lowest BCUT2D eigenvalue weighted by atomic mass is 10.3. The van der Waals surface area contributed by atoms with Crippen molar-refractivity contribution in [3.63, 3.8) is 0 Å². The molecule has 1 aromatic carbocycles. The highest BCUT2D eigenvalue weighted by atomic mass is 15.1. The number of para-hydroxylation sites is 2. The Hall–Kier alpha value is -1.31. The van der Waals surface area contributed by atoms with E-state index < -0.39 is 0 Å². The van der Waals surface area contributed by atoms with Crippen molar-refractivity contribution in [1.82, 2.24) is 9.55 Å². The number of aromatic nitrogens is 2. The van der Waals surface area contributed by atoms with E-state index in [1.54, 1.807) is 0 Å². The molecule has 2 aromatic rings. The molecule has 0 amide bonds. The van der Waals surface area contributed by atoms with Crippen molar-refractivity contribution in [3.8, 4) is 0 Å². The molecule has 0 aliphatic heterocycles. The quantitative estimate of drug-likeness (QED) is 0.624. The third-order valence-electron chi connectivity index (χ3n) is 1.94. The lowest BCUT2D eigenvalue weighted by Crippen LogP contribution is -1.97. The zero-order chi connectivity index (χ0) is 8.55. The molecule has 1 heterocycles. The van der Waals surface area contributed by atoms with Crippen LogP contribution in [0.15, 0.2) is 24.3 Å². The summed E-state index contributed by atoms with van der Waals surface area (Å²) in [5.41, 5.74) is 2.18. The summed E-state index contributed by atoms with van der Waals surface area (Å²) < 4.78 is 2.05. The Bertz CT molecular complexity index is 387. The fourth-order valence-corrected chi connectivity index (χ4v) is 1.32. The topological polar surface area (TPSA) is 17.8 Å². The van der Waals surface area contributed by atoms with Crippen LogP contribution in [0.4, 0.5) is 0 Å². The summed E-state index contributed by atoms with van der Waals surface area (Å²) in [5.74, 6) is 0. The van der Waals surface area contributed by atoms with E-state index in [9.17, 15) is 0 Å². The fraction of sp³-hybridized carbons (Fsp3) is 0.300. The summed E-state index contributed by atoms with van der Waals surface area (Å²) >= 11 is 0. The number of fused-ring (bicyclic) bond motifs is 1. The van der Waals surface area contributed by atoms with Gasteiger partial charge in [0.25, 0.3) is 0 Å². The van der Waals surface area contributed by atoms with Crippen molar-refractivity contribution in [1.29, 1.82) is 0 Å². The molecule has 0 bridgehead atoms. The van der Waals surface area contributed by atoms with Crippen LogP contribution in [0.25, 0.3) is 11.0 Å². The maximum absolute atomic E-state index is 4.18. The van der Waals surface area contributed by atoms with Gasteiger partial charge in [-0.2, -0.15) is 0 Å². The van der Waals surface area contributed by atoms with Gasteiger partial charge in [-0.15, -0.1) is 0 Å². The Morgan fingerprint density at radius 1 is 1.33 bits per heavy atom. The van der Waals surface area contributed by atoms with E-state index >= 15 is 0 Å². The molecule has 0 unspecified atom stereocenters. The molecule has 0 aliphatic rings. The van der Waals surface area contributed by atoms with Crippen molar-refractivity contribution < 1.29 is 0 Å². The molecule has 0 N–H and O–H groups in total. The first-order valence-electron chi connectivity index (χ1n) is 4.13. The molecule has 1 radical (unpaired) electrons. The normalized spacial score (nSPS) is 11.2. The van der Waals surface area contributed by atoms with Crippen LogP contribution in [0.1, 0.15) is 19.9 Å². The molecular weight excluding hydrogens is 148 g/mol. The first-order chi connectivity index (χ1) is 5.79. The number of nitrogens with zero attached hydrogens (tertiary/aromatic N) is 2. The van der Waals surface area contributed by atoms with Crippen molar-refractivity contribution in [2.45, 2.75) is 19.9 Å². The van der Waals surface area contributed by atoms with Crippen LogP contribution >= 0.6 is 0 Å². The zero-order valence-corrected chi connectivity index (χ0v) is 7.28. The fourth-order valence-electron chi connectivity index (χ4n) is 1.32. The third kappa shape index (κ3) is 0.998. The SMILES string of the molecule is CC(C)n1[c]nc2ccccc21. The highest BCUT2D eigenvalue weighted by molar-refractivity contribution is 5.74. The highest BCUT2D eigenvalue weighted by Crippen LogP contribution is 2.15. The first kappa shape index (κ1) is 7.35. The van der Waals surface area contributed by atoms with Gasteiger partial charge in [0.2, 0.25) is 0 Å². The summed E-state index contributed by atoms with van der Waals surface area (Å²) in [6.07, 6.45) is 2.98. The maximum atomic E-state index is 4.18. The molecule has 61 valence electrons. The smallest absolute Gasteiger partial charge is 0.177 e. The van der Waals surface area contributed by atoms with Crippen molar-refractivity contribution >= 4 is 11.0 Å². The minimum Gasteiger partial charge on any atom is -0.319 e. The van der Waals surface area contributed by atoms with Crippen LogP contribution < -0.4 is 0 Å². The number of imidazole rings is 1. The van der Waals surface area contributed by atoms with Gasteiger partial charge in [-0.05, 0) is 26.0 Å². The first-order valence-corrected chi connectivity index (χ1v) is 4.13. The second-order valence-corrected chi connectivity index (χ2v) is 3.16. The standard InChI is InChI=1S/C10H11N2/c1-8(2)12-7-11-9-5-3-4-6-10(9)12/h3-6,8H,1-2H3. The second kappa shape index (κ2) is 2.63. The molecule has 0 fully saturated rings. The van der Waals surface area contributed by atoms with Gasteiger partial charge in [0.15, 0.2) is 6.33 Å². The van der Waals surface area contributed by atoms with Crippen molar-refractivity contribution in [3.05, 3.63) is 30.6 Å². The molecule has 2 rings (SSSR count). The van der Waals surface area contributed by atoms with Crippen LogP contribution in [0.3, 0.4) is 0 Å². The van der Waals surface area contributed by atoms with Crippen LogP contribution in [0, 0.1) is 6.33 Å². The summed E-state index contributed by atoms with van der Waals surface area (Å²) in [6, 6.07) is 8.52. The Balaban J connectivity index is 2.70. The van der Waals surface area contributed by atoms with Crippen LogP contribution in [-0.2, 0) is 0 Å². The van der Waals surface area contributed by atoms with Gasteiger partial charge in [-0.1, -0.05) is 12.1 Å². The summed E-state index contributed by atoms with van der Waals surface area (Å²) in [4.78, 5) is 4.18. The molecule has 0 saturated carbocycles. The average Bonchev–Trinajstić information content (AvgIpc) is 2.47. The summed E-state index contributed by atoms with van der Waals surface area (Å²) in [6.45, 7) is 4.26. The van der Waals surface area contributed by atoms with E-state index in [4.69, 9.17) is 0 Å². The van der Waals surface area contributed by atoms with Gasteiger partial charge in [-0.25, -0.2) is 4.98 Å². The maximum Gasteiger partial charge on any atom is 0.177 e. The Labute approximate surface area is 71.8 Å². The predicted molar refractivity (Wildman–Crippen MR) is 49.0 cm³/mol. The molecular formula is C10H11N2. The molecule has 0 spiro atoms. The molecule has 12 heavy (non-hydrogen) atoms. The van der Waals surface area contributed by atoms with E-state index in [0.29, 0.717) is 6.04 Å². The van der Waals surface area contributed by atoms with Gasteiger partial charge in [0, 0.05) is 6.04 Å².